The molecular formula is C19H30N4O2S. The van der Waals surface area contributed by atoms with Crippen LogP contribution in [0.3, 0.4) is 0 Å². The standard InChI is InChI=1S/C19H30N4O2S/c1-3-20-19(22-11-10-17-6-4-5-7-18(17)15-22)21-14-16-8-12-23(13-9-16)26(2,24)25/h4-7,16H,3,8-15H2,1-2H3,(H,20,21). The lowest BCUT2D eigenvalue weighted by atomic mass is 9.98. The number of piperidine rings is 1. The van der Waals surface area contributed by atoms with Crippen molar-refractivity contribution in [3.8, 4) is 0 Å². The Morgan fingerprint density at radius 2 is 1.88 bits per heavy atom. The third-order valence-corrected chi connectivity index (χ3v) is 6.61. The van der Waals surface area contributed by atoms with Crippen LogP contribution in [-0.2, 0) is 23.0 Å². The van der Waals surface area contributed by atoms with Crippen molar-refractivity contribution in [2.75, 3.05) is 39.0 Å². The van der Waals surface area contributed by atoms with Crippen molar-refractivity contribution in [1.82, 2.24) is 14.5 Å². The van der Waals surface area contributed by atoms with E-state index >= 15 is 0 Å². The van der Waals surface area contributed by atoms with Crippen molar-refractivity contribution in [3.05, 3.63) is 35.4 Å². The van der Waals surface area contributed by atoms with Gasteiger partial charge in [-0.1, -0.05) is 24.3 Å². The Morgan fingerprint density at radius 3 is 2.54 bits per heavy atom. The van der Waals surface area contributed by atoms with Gasteiger partial charge in [0.25, 0.3) is 0 Å². The molecular weight excluding hydrogens is 348 g/mol. The normalized spacial score (nSPS) is 20.1. The second kappa shape index (κ2) is 8.39. The first-order valence-corrected chi connectivity index (χ1v) is 11.4. The molecule has 26 heavy (non-hydrogen) atoms. The molecule has 6 nitrogen and oxygen atoms in total. The van der Waals surface area contributed by atoms with E-state index in [-0.39, 0.29) is 0 Å². The van der Waals surface area contributed by atoms with Crippen LogP contribution >= 0.6 is 0 Å². The molecule has 1 aromatic carbocycles. The van der Waals surface area contributed by atoms with Gasteiger partial charge in [-0.2, -0.15) is 0 Å². The summed E-state index contributed by atoms with van der Waals surface area (Å²) in [6.07, 6.45) is 4.12. The molecule has 1 fully saturated rings. The lowest BCUT2D eigenvalue weighted by Crippen LogP contribution is -2.44. The molecule has 0 atom stereocenters. The molecule has 0 aromatic heterocycles. The fourth-order valence-corrected chi connectivity index (χ4v) is 4.62. The zero-order valence-electron chi connectivity index (χ0n) is 15.8. The minimum atomic E-state index is -3.06. The average Bonchev–Trinajstić information content (AvgIpc) is 2.64. The zero-order chi connectivity index (χ0) is 18.6. The predicted molar refractivity (Wildman–Crippen MR) is 106 cm³/mol. The second-order valence-corrected chi connectivity index (χ2v) is 9.22. The highest BCUT2D eigenvalue weighted by Crippen LogP contribution is 2.21. The smallest absolute Gasteiger partial charge is 0.211 e. The first kappa shape index (κ1) is 19.2. The van der Waals surface area contributed by atoms with Gasteiger partial charge in [-0.25, -0.2) is 12.7 Å². The van der Waals surface area contributed by atoms with Gasteiger partial charge in [0.15, 0.2) is 5.96 Å². The minimum absolute atomic E-state index is 0.457. The van der Waals surface area contributed by atoms with Crippen LogP contribution in [0.2, 0.25) is 0 Å². The third kappa shape index (κ3) is 4.76. The van der Waals surface area contributed by atoms with Gasteiger partial charge in [-0.05, 0) is 43.2 Å². The fraction of sp³-hybridized carbons (Fsp3) is 0.632. The number of nitrogens with one attached hydrogen (secondary N) is 1. The summed E-state index contributed by atoms with van der Waals surface area (Å²) in [5, 5.41) is 3.43. The van der Waals surface area contributed by atoms with Crippen LogP contribution in [0.15, 0.2) is 29.3 Å². The van der Waals surface area contributed by atoms with E-state index in [0.29, 0.717) is 19.0 Å². The summed E-state index contributed by atoms with van der Waals surface area (Å²) >= 11 is 0. The number of aliphatic imine (C=N–C) groups is 1. The van der Waals surface area contributed by atoms with Gasteiger partial charge in [-0.3, -0.25) is 4.99 Å². The Hall–Kier alpha value is -1.60. The van der Waals surface area contributed by atoms with Crippen LogP contribution < -0.4 is 5.32 Å². The Labute approximate surface area is 157 Å². The second-order valence-electron chi connectivity index (χ2n) is 7.24. The highest BCUT2D eigenvalue weighted by molar-refractivity contribution is 7.88. The zero-order valence-corrected chi connectivity index (χ0v) is 16.6. The first-order valence-electron chi connectivity index (χ1n) is 9.52. The van der Waals surface area contributed by atoms with Gasteiger partial charge in [0.1, 0.15) is 0 Å². The lowest BCUT2D eigenvalue weighted by molar-refractivity contribution is 0.279. The summed E-state index contributed by atoms with van der Waals surface area (Å²) in [6, 6.07) is 8.62. The lowest BCUT2D eigenvalue weighted by Gasteiger charge is -2.33. The van der Waals surface area contributed by atoms with Crippen molar-refractivity contribution in [2.45, 2.75) is 32.7 Å². The molecule has 1 N–H and O–H groups in total. The first-order chi connectivity index (χ1) is 12.5. The highest BCUT2D eigenvalue weighted by atomic mass is 32.2. The molecule has 144 valence electrons. The molecule has 0 saturated carbocycles. The van der Waals surface area contributed by atoms with E-state index < -0.39 is 10.0 Å². The average molecular weight is 379 g/mol. The van der Waals surface area contributed by atoms with Crippen LogP contribution in [0.4, 0.5) is 0 Å². The third-order valence-electron chi connectivity index (χ3n) is 5.31. The number of guanidine groups is 1. The largest absolute Gasteiger partial charge is 0.357 e. The van der Waals surface area contributed by atoms with E-state index in [2.05, 4.69) is 41.4 Å². The number of hydrogen-bond acceptors (Lipinski definition) is 3. The maximum Gasteiger partial charge on any atom is 0.211 e. The maximum atomic E-state index is 11.6. The van der Waals surface area contributed by atoms with Crippen molar-refractivity contribution >= 4 is 16.0 Å². The van der Waals surface area contributed by atoms with Crippen LogP contribution in [0.5, 0.6) is 0 Å². The molecule has 0 unspecified atom stereocenters. The fourth-order valence-electron chi connectivity index (χ4n) is 3.74. The van der Waals surface area contributed by atoms with Gasteiger partial charge < -0.3 is 10.2 Å². The van der Waals surface area contributed by atoms with Gasteiger partial charge in [0.2, 0.25) is 10.0 Å². The van der Waals surface area contributed by atoms with Crippen LogP contribution in [0, 0.1) is 5.92 Å². The minimum Gasteiger partial charge on any atom is -0.357 e. The molecule has 1 aromatic rings. The summed E-state index contributed by atoms with van der Waals surface area (Å²) in [5.41, 5.74) is 2.82. The van der Waals surface area contributed by atoms with Crippen molar-refractivity contribution in [3.63, 3.8) is 0 Å². The molecule has 0 spiro atoms. The monoisotopic (exact) mass is 378 g/mol. The maximum absolute atomic E-state index is 11.6. The number of hydrogen-bond donors (Lipinski definition) is 1. The Bertz CT molecular complexity index is 740. The summed E-state index contributed by atoms with van der Waals surface area (Å²) in [5.74, 6) is 1.44. The number of sulfonamides is 1. The summed E-state index contributed by atoms with van der Waals surface area (Å²) in [7, 11) is -3.06. The SMILES string of the molecule is CCNC(=NCC1CCN(S(C)(=O)=O)CC1)N1CCc2ccccc2C1. The Balaban J connectivity index is 1.60. The van der Waals surface area contributed by atoms with Crippen molar-refractivity contribution in [2.24, 2.45) is 10.9 Å². The number of benzene rings is 1. The summed E-state index contributed by atoms with van der Waals surface area (Å²) in [6.45, 7) is 6.82. The van der Waals surface area contributed by atoms with Crippen LogP contribution in [0.1, 0.15) is 30.9 Å². The van der Waals surface area contributed by atoms with E-state index in [1.165, 1.54) is 17.4 Å². The molecule has 2 heterocycles. The summed E-state index contributed by atoms with van der Waals surface area (Å²) in [4.78, 5) is 7.22. The molecule has 3 rings (SSSR count). The van der Waals surface area contributed by atoms with Gasteiger partial charge in [0, 0.05) is 39.3 Å². The van der Waals surface area contributed by atoms with E-state index in [1.807, 2.05) is 0 Å². The molecule has 2 aliphatic rings. The van der Waals surface area contributed by atoms with Crippen LogP contribution in [0.25, 0.3) is 0 Å². The van der Waals surface area contributed by atoms with Crippen molar-refractivity contribution in [1.29, 1.82) is 0 Å². The van der Waals surface area contributed by atoms with E-state index in [0.717, 1.165) is 51.4 Å². The number of rotatable bonds is 4. The van der Waals surface area contributed by atoms with E-state index in [9.17, 15) is 8.42 Å². The summed E-state index contributed by atoms with van der Waals surface area (Å²) < 4.78 is 24.8. The number of fused-ring (bicyclic) bond motifs is 1. The molecule has 0 amide bonds. The highest BCUT2D eigenvalue weighted by Gasteiger charge is 2.25. The van der Waals surface area contributed by atoms with Gasteiger partial charge >= 0.3 is 0 Å². The molecule has 0 radical (unpaired) electrons. The number of nitrogens with zero attached hydrogens (tertiary/aromatic N) is 3. The molecule has 0 bridgehead atoms. The molecule has 1 saturated heterocycles. The predicted octanol–water partition coefficient (Wildman–Crippen LogP) is 1.68. The quantitative estimate of drug-likeness (QED) is 0.640. The molecule has 0 aliphatic carbocycles. The topological polar surface area (TPSA) is 65.0 Å². The Morgan fingerprint density at radius 1 is 1.19 bits per heavy atom. The van der Waals surface area contributed by atoms with Gasteiger partial charge in [-0.15, -0.1) is 0 Å². The molecule has 7 heteroatoms. The van der Waals surface area contributed by atoms with Crippen LogP contribution in [-0.4, -0.2) is 62.6 Å². The molecule has 2 aliphatic heterocycles. The van der Waals surface area contributed by atoms with Crippen molar-refractivity contribution < 1.29 is 8.42 Å². The Kier molecular flexibility index (Phi) is 6.19. The van der Waals surface area contributed by atoms with E-state index in [4.69, 9.17) is 4.99 Å². The van der Waals surface area contributed by atoms with Gasteiger partial charge in [0.05, 0.1) is 6.26 Å². The van der Waals surface area contributed by atoms with E-state index in [1.54, 1.807) is 4.31 Å².